The molecule has 1 aliphatic heterocycles. The molecule has 1 aliphatic rings. The van der Waals surface area contributed by atoms with E-state index in [0.29, 0.717) is 17.9 Å². The first kappa shape index (κ1) is 18.9. The summed E-state index contributed by atoms with van der Waals surface area (Å²) in [5.74, 6) is 0.256. The molecule has 0 radical (unpaired) electrons. The van der Waals surface area contributed by atoms with Crippen LogP contribution in [-0.4, -0.2) is 29.9 Å². The number of carbonyl (C=O) groups excluding carboxylic acids is 1. The van der Waals surface area contributed by atoms with E-state index in [2.05, 4.69) is 12.1 Å². The van der Waals surface area contributed by atoms with Crippen molar-refractivity contribution in [3.05, 3.63) is 70.5 Å². The van der Waals surface area contributed by atoms with E-state index in [4.69, 9.17) is 17.3 Å². The van der Waals surface area contributed by atoms with Crippen molar-refractivity contribution in [2.75, 3.05) is 13.1 Å². The molecule has 1 atom stereocenters. The molecule has 138 valence electrons. The van der Waals surface area contributed by atoms with Gasteiger partial charge in [-0.15, -0.1) is 0 Å². The van der Waals surface area contributed by atoms with Gasteiger partial charge in [-0.2, -0.15) is 0 Å². The van der Waals surface area contributed by atoms with Crippen molar-refractivity contribution in [1.82, 2.24) is 4.90 Å². The van der Waals surface area contributed by atoms with Gasteiger partial charge in [-0.25, -0.2) is 4.39 Å². The van der Waals surface area contributed by atoms with Crippen molar-refractivity contribution < 1.29 is 9.18 Å². The standard InChI is InChI=1S/C21H24ClFN2O/c22-18-7-5-15(6-8-18)16-9-11-25(12-10-16)21(26)14-19(24)13-17-3-1-2-4-20(17)23/h1-8,16,19H,9-14,24H2/t19-/m1/s1. The van der Waals surface area contributed by atoms with Crippen LogP contribution in [-0.2, 0) is 11.2 Å². The zero-order valence-corrected chi connectivity index (χ0v) is 15.5. The third kappa shape index (κ3) is 4.83. The van der Waals surface area contributed by atoms with Gasteiger partial charge in [0.15, 0.2) is 0 Å². The lowest BCUT2D eigenvalue weighted by Crippen LogP contribution is -2.41. The zero-order chi connectivity index (χ0) is 18.5. The van der Waals surface area contributed by atoms with Crippen molar-refractivity contribution >= 4 is 17.5 Å². The fourth-order valence-electron chi connectivity index (χ4n) is 3.57. The summed E-state index contributed by atoms with van der Waals surface area (Å²) >= 11 is 5.94. The topological polar surface area (TPSA) is 46.3 Å². The number of carbonyl (C=O) groups is 1. The Morgan fingerprint density at radius 2 is 1.81 bits per heavy atom. The zero-order valence-electron chi connectivity index (χ0n) is 14.7. The van der Waals surface area contributed by atoms with Crippen LogP contribution in [0.5, 0.6) is 0 Å². The van der Waals surface area contributed by atoms with Crippen LogP contribution in [0.2, 0.25) is 5.02 Å². The van der Waals surface area contributed by atoms with Crippen LogP contribution in [0.3, 0.4) is 0 Å². The first-order valence-electron chi connectivity index (χ1n) is 9.05. The fraction of sp³-hybridized carbons (Fsp3) is 0.381. The Morgan fingerprint density at radius 3 is 2.46 bits per heavy atom. The molecule has 1 fully saturated rings. The minimum Gasteiger partial charge on any atom is -0.343 e. The van der Waals surface area contributed by atoms with E-state index >= 15 is 0 Å². The molecule has 1 amide bonds. The van der Waals surface area contributed by atoms with Crippen molar-refractivity contribution in [1.29, 1.82) is 0 Å². The molecule has 5 heteroatoms. The second-order valence-electron chi connectivity index (χ2n) is 6.97. The quantitative estimate of drug-likeness (QED) is 0.854. The maximum Gasteiger partial charge on any atom is 0.224 e. The summed E-state index contributed by atoms with van der Waals surface area (Å²) in [4.78, 5) is 14.4. The van der Waals surface area contributed by atoms with Gasteiger partial charge in [-0.05, 0) is 54.5 Å². The minimum atomic E-state index is -0.367. The highest BCUT2D eigenvalue weighted by Gasteiger charge is 2.25. The van der Waals surface area contributed by atoms with Crippen LogP contribution in [0.4, 0.5) is 4.39 Å². The third-order valence-electron chi connectivity index (χ3n) is 5.07. The molecule has 2 aromatic rings. The second kappa shape index (κ2) is 8.65. The van der Waals surface area contributed by atoms with Crippen molar-refractivity contribution in [2.24, 2.45) is 5.73 Å². The summed E-state index contributed by atoms with van der Waals surface area (Å²) in [6, 6.07) is 14.2. The normalized spacial score (nSPS) is 16.5. The SMILES string of the molecule is N[C@@H](CC(=O)N1CCC(c2ccc(Cl)cc2)CC1)Cc1ccccc1F. The highest BCUT2D eigenvalue weighted by atomic mass is 35.5. The van der Waals surface area contributed by atoms with E-state index in [1.54, 1.807) is 18.2 Å². The number of hydrogen-bond acceptors (Lipinski definition) is 2. The van der Waals surface area contributed by atoms with Crippen LogP contribution in [0.15, 0.2) is 48.5 Å². The number of likely N-dealkylation sites (tertiary alicyclic amines) is 1. The van der Waals surface area contributed by atoms with Gasteiger partial charge < -0.3 is 10.6 Å². The average molecular weight is 375 g/mol. The summed E-state index contributed by atoms with van der Waals surface area (Å²) in [6.45, 7) is 1.47. The fourth-order valence-corrected chi connectivity index (χ4v) is 3.70. The Hall–Kier alpha value is -1.91. The average Bonchev–Trinajstić information content (AvgIpc) is 2.64. The Bertz CT molecular complexity index is 742. The summed E-state index contributed by atoms with van der Waals surface area (Å²) in [7, 11) is 0. The van der Waals surface area contributed by atoms with Gasteiger partial charge in [0.25, 0.3) is 0 Å². The number of benzene rings is 2. The van der Waals surface area contributed by atoms with Gasteiger partial charge in [0.1, 0.15) is 5.82 Å². The number of nitrogens with zero attached hydrogens (tertiary/aromatic N) is 1. The lowest BCUT2D eigenvalue weighted by atomic mass is 9.89. The van der Waals surface area contributed by atoms with Gasteiger partial charge in [0.05, 0.1) is 0 Å². The first-order valence-corrected chi connectivity index (χ1v) is 9.43. The number of rotatable bonds is 5. The number of piperidine rings is 1. The van der Waals surface area contributed by atoms with Gasteiger partial charge in [-0.3, -0.25) is 4.79 Å². The second-order valence-corrected chi connectivity index (χ2v) is 7.40. The lowest BCUT2D eigenvalue weighted by molar-refractivity contribution is -0.132. The van der Waals surface area contributed by atoms with E-state index < -0.39 is 0 Å². The Balaban J connectivity index is 1.49. The molecule has 0 unspecified atom stereocenters. The lowest BCUT2D eigenvalue weighted by Gasteiger charge is -2.33. The molecule has 1 heterocycles. The molecule has 3 rings (SSSR count). The van der Waals surface area contributed by atoms with Gasteiger partial charge in [-0.1, -0.05) is 41.9 Å². The number of halogens is 2. The van der Waals surface area contributed by atoms with E-state index in [1.807, 2.05) is 17.0 Å². The maximum absolute atomic E-state index is 13.7. The summed E-state index contributed by atoms with van der Waals surface area (Å²) < 4.78 is 13.7. The maximum atomic E-state index is 13.7. The van der Waals surface area contributed by atoms with Gasteiger partial charge in [0.2, 0.25) is 5.91 Å². The van der Waals surface area contributed by atoms with Gasteiger partial charge in [0, 0.05) is 30.6 Å². The van der Waals surface area contributed by atoms with E-state index in [9.17, 15) is 9.18 Å². The smallest absolute Gasteiger partial charge is 0.224 e. The number of nitrogens with two attached hydrogens (primary N) is 1. The molecule has 1 saturated heterocycles. The number of hydrogen-bond donors (Lipinski definition) is 1. The molecule has 2 aromatic carbocycles. The first-order chi connectivity index (χ1) is 12.5. The Morgan fingerprint density at radius 1 is 1.15 bits per heavy atom. The molecular weight excluding hydrogens is 351 g/mol. The van der Waals surface area contributed by atoms with Crippen LogP contribution < -0.4 is 5.73 Å². The molecule has 0 bridgehead atoms. The van der Waals surface area contributed by atoms with E-state index in [1.165, 1.54) is 11.6 Å². The van der Waals surface area contributed by atoms with Crippen LogP contribution >= 0.6 is 11.6 Å². The Labute approximate surface area is 158 Å². The molecule has 0 spiro atoms. The van der Waals surface area contributed by atoms with Crippen LogP contribution in [0, 0.1) is 5.82 Å². The van der Waals surface area contributed by atoms with Crippen molar-refractivity contribution in [2.45, 2.75) is 37.6 Å². The molecule has 0 aromatic heterocycles. The highest BCUT2D eigenvalue weighted by Crippen LogP contribution is 2.29. The van der Waals surface area contributed by atoms with Crippen molar-refractivity contribution in [3.63, 3.8) is 0 Å². The predicted octanol–water partition coefficient (Wildman–Crippen LogP) is 4.15. The molecule has 0 saturated carbocycles. The Kier molecular flexibility index (Phi) is 6.28. The van der Waals surface area contributed by atoms with Crippen LogP contribution in [0.25, 0.3) is 0 Å². The molecule has 0 aliphatic carbocycles. The highest BCUT2D eigenvalue weighted by molar-refractivity contribution is 6.30. The molecular formula is C21H24ClFN2O. The summed E-state index contributed by atoms with van der Waals surface area (Å²) in [5.41, 5.74) is 7.93. The third-order valence-corrected chi connectivity index (χ3v) is 5.32. The van der Waals surface area contributed by atoms with E-state index in [-0.39, 0.29) is 24.2 Å². The van der Waals surface area contributed by atoms with E-state index in [0.717, 1.165) is 31.0 Å². The minimum absolute atomic E-state index is 0.0587. The molecule has 3 nitrogen and oxygen atoms in total. The molecule has 2 N–H and O–H groups in total. The number of amides is 1. The monoisotopic (exact) mass is 374 g/mol. The molecule has 26 heavy (non-hydrogen) atoms. The summed E-state index contributed by atoms with van der Waals surface area (Å²) in [6.07, 6.45) is 2.51. The summed E-state index contributed by atoms with van der Waals surface area (Å²) in [5, 5.41) is 0.741. The van der Waals surface area contributed by atoms with Crippen molar-refractivity contribution in [3.8, 4) is 0 Å². The van der Waals surface area contributed by atoms with Crippen LogP contribution in [0.1, 0.15) is 36.3 Å². The predicted molar refractivity (Wildman–Crippen MR) is 103 cm³/mol. The van der Waals surface area contributed by atoms with Gasteiger partial charge >= 0.3 is 0 Å². The largest absolute Gasteiger partial charge is 0.343 e.